The maximum absolute atomic E-state index is 13.1. The normalized spacial score (nSPS) is 12.5. The lowest BCUT2D eigenvalue weighted by Crippen LogP contribution is -2.33. The molecule has 5 heteroatoms. The maximum atomic E-state index is 13.1. The van der Waals surface area contributed by atoms with Gasteiger partial charge in [0.2, 0.25) is 0 Å². The molecule has 19 heavy (non-hydrogen) atoms. The molecule has 1 aromatic rings. The molecular weight excluding hydrogens is 333 g/mol. The van der Waals surface area contributed by atoms with Crippen LogP contribution in [0, 0.1) is 11.7 Å². The highest BCUT2D eigenvalue weighted by molar-refractivity contribution is 9.10. The molecule has 1 unspecified atom stereocenters. The molecule has 106 valence electrons. The average molecular weight is 351 g/mol. The molecule has 0 fully saturated rings. The predicted molar refractivity (Wildman–Crippen MR) is 80.1 cm³/mol. The van der Waals surface area contributed by atoms with E-state index in [-0.39, 0.29) is 16.8 Å². The van der Waals surface area contributed by atoms with Crippen molar-refractivity contribution in [3.63, 3.8) is 0 Å². The van der Waals surface area contributed by atoms with Gasteiger partial charge in [0.1, 0.15) is 5.82 Å². The molecule has 1 atom stereocenters. The molecule has 2 nitrogen and oxygen atoms in total. The monoisotopic (exact) mass is 349 g/mol. The lowest BCUT2D eigenvalue weighted by molar-refractivity contribution is 0.0950. The fraction of sp³-hybridized carbons (Fsp3) is 0.500. The molecule has 1 N–H and O–H groups in total. The minimum absolute atomic E-state index is 0.105. The van der Waals surface area contributed by atoms with E-state index >= 15 is 0 Å². The topological polar surface area (TPSA) is 29.1 Å². The molecule has 0 saturated heterocycles. The van der Waals surface area contributed by atoms with Gasteiger partial charge in [0.05, 0.1) is 10.9 Å². The van der Waals surface area contributed by atoms with Crippen LogP contribution in [0.2, 0.25) is 0 Å². The van der Waals surface area contributed by atoms with Crippen LogP contribution in [0.15, 0.2) is 22.7 Å². The third-order valence-electron chi connectivity index (χ3n) is 3.19. The van der Waals surface area contributed by atoms with Crippen LogP contribution in [0.3, 0.4) is 0 Å². The van der Waals surface area contributed by atoms with Gasteiger partial charge in [-0.15, -0.1) is 11.6 Å². The maximum Gasteiger partial charge on any atom is 0.252 e. The Morgan fingerprint density at radius 2 is 2.05 bits per heavy atom. The number of hydrogen-bond donors (Lipinski definition) is 1. The molecule has 0 bridgehead atoms. The highest BCUT2D eigenvalue weighted by Crippen LogP contribution is 2.20. The van der Waals surface area contributed by atoms with Gasteiger partial charge in [-0.05, 0) is 40.0 Å². The molecule has 1 aromatic carbocycles. The van der Waals surface area contributed by atoms with E-state index in [1.54, 1.807) is 0 Å². The van der Waals surface area contributed by atoms with Crippen molar-refractivity contribution in [1.82, 2.24) is 5.32 Å². The average Bonchev–Trinajstić information content (AvgIpc) is 2.40. The number of rotatable bonds is 6. The molecular formula is C14H18BrClFNO. The summed E-state index contributed by atoms with van der Waals surface area (Å²) in [4.78, 5) is 12.0. The Bertz CT molecular complexity index is 437. The van der Waals surface area contributed by atoms with Crippen molar-refractivity contribution in [1.29, 1.82) is 0 Å². The second kappa shape index (κ2) is 7.85. The summed E-state index contributed by atoms with van der Waals surface area (Å²) in [7, 11) is 0. The van der Waals surface area contributed by atoms with E-state index in [1.165, 1.54) is 18.2 Å². The van der Waals surface area contributed by atoms with E-state index in [0.29, 0.717) is 16.9 Å². The molecule has 1 rings (SSSR count). The number of alkyl halides is 1. The van der Waals surface area contributed by atoms with Gasteiger partial charge in [-0.1, -0.05) is 26.7 Å². The lowest BCUT2D eigenvalue weighted by Gasteiger charge is -2.19. The van der Waals surface area contributed by atoms with Crippen molar-refractivity contribution < 1.29 is 9.18 Å². The van der Waals surface area contributed by atoms with E-state index < -0.39 is 5.82 Å². The van der Waals surface area contributed by atoms with Crippen molar-refractivity contribution >= 4 is 33.4 Å². The quantitative estimate of drug-likeness (QED) is 0.759. The molecule has 0 saturated carbocycles. The molecule has 1 amide bonds. The van der Waals surface area contributed by atoms with Gasteiger partial charge in [-0.2, -0.15) is 0 Å². The van der Waals surface area contributed by atoms with Crippen molar-refractivity contribution in [2.45, 2.75) is 32.1 Å². The largest absolute Gasteiger partial charge is 0.351 e. The third kappa shape index (κ3) is 4.77. The molecule has 0 heterocycles. The smallest absolute Gasteiger partial charge is 0.252 e. The van der Waals surface area contributed by atoms with Crippen LogP contribution in [-0.4, -0.2) is 17.8 Å². The summed E-state index contributed by atoms with van der Waals surface area (Å²) in [6.45, 7) is 4.54. The summed E-state index contributed by atoms with van der Waals surface area (Å²) in [6.07, 6.45) is 1.95. The summed E-state index contributed by atoms with van der Waals surface area (Å²) in [6, 6.07) is 4.03. The number of nitrogens with one attached hydrogen (secondary N) is 1. The number of halogens is 3. The minimum atomic E-state index is -0.434. The zero-order chi connectivity index (χ0) is 14.4. The van der Waals surface area contributed by atoms with Crippen molar-refractivity contribution in [2.75, 3.05) is 6.54 Å². The SMILES string of the molecule is CCC(CC)C(Cl)CNC(=O)c1cc(F)ccc1Br. The second-order valence-electron chi connectivity index (χ2n) is 4.43. The van der Waals surface area contributed by atoms with Crippen molar-refractivity contribution in [3.05, 3.63) is 34.1 Å². The molecule has 0 aliphatic carbocycles. The highest BCUT2D eigenvalue weighted by atomic mass is 79.9. The van der Waals surface area contributed by atoms with Crippen LogP contribution in [-0.2, 0) is 0 Å². The summed E-state index contributed by atoms with van der Waals surface area (Å²) in [5, 5.41) is 2.64. The molecule has 0 aliphatic rings. The summed E-state index contributed by atoms with van der Waals surface area (Å²) < 4.78 is 13.7. The Kier molecular flexibility index (Phi) is 6.80. The van der Waals surface area contributed by atoms with Crippen molar-refractivity contribution in [3.8, 4) is 0 Å². The zero-order valence-corrected chi connectivity index (χ0v) is 13.4. The Hall–Kier alpha value is -0.610. The Labute approximate surface area is 126 Å². The number of amides is 1. The van der Waals surface area contributed by atoms with Crippen molar-refractivity contribution in [2.24, 2.45) is 5.92 Å². The first-order valence-electron chi connectivity index (χ1n) is 6.36. The Morgan fingerprint density at radius 1 is 1.42 bits per heavy atom. The zero-order valence-electron chi connectivity index (χ0n) is 11.1. The molecule has 0 aromatic heterocycles. The fourth-order valence-electron chi connectivity index (χ4n) is 1.92. The fourth-order valence-corrected chi connectivity index (χ4v) is 2.78. The first-order chi connectivity index (χ1) is 8.99. The summed E-state index contributed by atoms with van der Waals surface area (Å²) in [5.74, 6) is -0.378. The molecule has 0 spiro atoms. The summed E-state index contributed by atoms with van der Waals surface area (Å²) in [5.41, 5.74) is 0.286. The van der Waals surface area contributed by atoms with E-state index in [0.717, 1.165) is 12.8 Å². The van der Waals surface area contributed by atoms with Gasteiger partial charge in [-0.3, -0.25) is 4.79 Å². The van der Waals surface area contributed by atoms with Gasteiger partial charge >= 0.3 is 0 Å². The number of carbonyl (C=O) groups is 1. The molecule has 0 radical (unpaired) electrons. The summed E-state index contributed by atoms with van der Waals surface area (Å²) >= 11 is 9.48. The Morgan fingerprint density at radius 3 is 2.63 bits per heavy atom. The van der Waals surface area contributed by atoms with Gasteiger partial charge < -0.3 is 5.32 Å². The minimum Gasteiger partial charge on any atom is -0.351 e. The second-order valence-corrected chi connectivity index (χ2v) is 5.84. The predicted octanol–water partition coefficient (Wildman–Crippen LogP) is 4.36. The number of hydrogen-bond acceptors (Lipinski definition) is 1. The van der Waals surface area contributed by atoms with Crippen LogP contribution < -0.4 is 5.32 Å². The highest BCUT2D eigenvalue weighted by Gasteiger charge is 2.18. The van der Waals surface area contributed by atoms with Crippen LogP contribution in [0.4, 0.5) is 4.39 Å². The van der Waals surface area contributed by atoms with Crippen LogP contribution in [0.5, 0.6) is 0 Å². The van der Waals surface area contributed by atoms with Crippen LogP contribution in [0.25, 0.3) is 0 Å². The van der Waals surface area contributed by atoms with Gasteiger partial charge in [-0.25, -0.2) is 4.39 Å². The van der Waals surface area contributed by atoms with Crippen LogP contribution in [0.1, 0.15) is 37.0 Å². The number of benzene rings is 1. The van der Waals surface area contributed by atoms with Gasteiger partial charge in [0.25, 0.3) is 5.91 Å². The van der Waals surface area contributed by atoms with Crippen LogP contribution >= 0.6 is 27.5 Å². The molecule has 0 aliphatic heterocycles. The first-order valence-corrected chi connectivity index (χ1v) is 7.59. The van der Waals surface area contributed by atoms with Gasteiger partial charge in [0, 0.05) is 11.0 Å². The number of carbonyl (C=O) groups excluding carboxylic acids is 1. The standard InChI is InChI=1S/C14H18BrClFNO/c1-3-9(4-2)13(16)8-18-14(19)11-7-10(17)5-6-12(11)15/h5-7,9,13H,3-4,8H2,1-2H3,(H,18,19). The third-order valence-corrected chi connectivity index (χ3v) is 4.39. The van der Waals surface area contributed by atoms with E-state index in [2.05, 4.69) is 35.1 Å². The first kappa shape index (κ1) is 16.4. The van der Waals surface area contributed by atoms with E-state index in [1.807, 2.05) is 0 Å². The van der Waals surface area contributed by atoms with E-state index in [4.69, 9.17) is 11.6 Å². The van der Waals surface area contributed by atoms with Gasteiger partial charge in [0.15, 0.2) is 0 Å². The van der Waals surface area contributed by atoms with E-state index in [9.17, 15) is 9.18 Å². The Balaban J connectivity index is 2.63. The lowest BCUT2D eigenvalue weighted by atomic mass is 9.99.